The summed E-state index contributed by atoms with van der Waals surface area (Å²) in [4.78, 5) is 0. The second-order valence-corrected chi connectivity index (χ2v) is 3.16. The molecule has 1 fully saturated rings. The molecule has 1 saturated heterocycles. The molecule has 0 aromatic heterocycles. The minimum atomic E-state index is -1.35. The van der Waals surface area contributed by atoms with Crippen molar-refractivity contribution in [3.05, 3.63) is 0 Å². The normalized spacial score (nSPS) is 45.5. The Balaban J connectivity index is 0.00000144. The van der Waals surface area contributed by atoms with Gasteiger partial charge in [0.25, 0.3) is 0 Å². The summed E-state index contributed by atoms with van der Waals surface area (Å²) in [5.74, 6) is 0. The topological polar surface area (TPSA) is 90.2 Å². The van der Waals surface area contributed by atoms with E-state index in [4.69, 9.17) is 20.1 Å². The van der Waals surface area contributed by atoms with Gasteiger partial charge >= 0.3 is 22.4 Å². The van der Waals surface area contributed by atoms with Gasteiger partial charge < -0.3 is 37.8 Å². The zero-order valence-corrected chi connectivity index (χ0v) is 9.48. The predicted octanol–water partition coefficient (Wildman–Crippen LogP) is -2.67. The first-order valence-electron chi connectivity index (χ1n) is 3.54. The van der Waals surface area contributed by atoms with Crippen molar-refractivity contribution in [2.75, 3.05) is 6.61 Å². The maximum Gasteiger partial charge on any atom is 1.00 e. The first-order chi connectivity index (χ1) is 5.57. The summed E-state index contributed by atoms with van der Waals surface area (Å²) < 4.78 is 4.84. The average Bonchev–Trinajstić information content (AvgIpc) is 2.08. The smallest absolute Gasteiger partial charge is 0.759 e. The van der Waals surface area contributed by atoms with Crippen molar-refractivity contribution in [1.29, 1.82) is 0 Å². The van der Waals surface area contributed by atoms with E-state index in [0.29, 0.717) is 0 Å². The molecule has 0 aliphatic carbocycles. The van der Waals surface area contributed by atoms with E-state index in [1.807, 2.05) is 0 Å². The molecular weight excluding hydrogens is 381 g/mol. The standard InChI is InChI=1S/C6H12O5S.Au/c7-1-2-3(8)4(9)5(10)6(12)11-2;/h2-10,12H,1H2;/q;+1/p-1/t2-,3-,4+,5-,6-;/m1./s1. The van der Waals surface area contributed by atoms with Crippen LogP contribution in [0.15, 0.2) is 0 Å². The van der Waals surface area contributed by atoms with Gasteiger partial charge in [-0.2, -0.15) is 0 Å². The van der Waals surface area contributed by atoms with Crippen molar-refractivity contribution in [2.45, 2.75) is 29.9 Å². The molecule has 1 rings (SSSR count). The molecule has 0 radical (unpaired) electrons. The zero-order chi connectivity index (χ0) is 9.30. The van der Waals surface area contributed by atoms with Crippen LogP contribution < -0.4 is 0 Å². The third-order valence-electron chi connectivity index (χ3n) is 1.85. The second kappa shape index (κ2) is 5.69. The minimum absolute atomic E-state index is 0. The van der Waals surface area contributed by atoms with Crippen molar-refractivity contribution in [2.24, 2.45) is 0 Å². The predicted molar refractivity (Wildman–Crippen MR) is 41.1 cm³/mol. The fourth-order valence-corrected chi connectivity index (χ4v) is 1.37. The number of rotatable bonds is 1. The van der Waals surface area contributed by atoms with E-state index in [2.05, 4.69) is 12.6 Å². The monoisotopic (exact) mass is 392 g/mol. The van der Waals surface area contributed by atoms with Gasteiger partial charge in [-0.05, 0) is 5.44 Å². The van der Waals surface area contributed by atoms with E-state index >= 15 is 0 Å². The van der Waals surface area contributed by atoms with Gasteiger partial charge in [0.1, 0.15) is 18.3 Å². The first-order valence-corrected chi connectivity index (χ1v) is 4.01. The van der Waals surface area contributed by atoms with Crippen molar-refractivity contribution in [3.8, 4) is 0 Å². The molecule has 0 bridgehead atoms. The largest absolute Gasteiger partial charge is 1.00 e. The molecule has 1 aliphatic rings. The van der Waals surface area contributed by atoms with E-state index in [1.54, 1.807) is 0 Å². The molecule has 0 unspecified atom stereocenters. The van der Waals surface area contributed by atoms with Crippen LogP contribution in [0.2, 0.25) is 0 Å². The Labute approximate surface area is 96.6 Å². The van der Waals surface area contributed by atoms with E-state index in [9.17, 15) is 5.11 Å². The summed E-state index contributed by atoms with van der Waals surface area (Å²) in [6, 6.07) is 0. The number of aliphatic hydroxyl groups is 4. The molecular formula is C6H11AuO5S. The summed E-state index contributed by atoms with van der Waals surface area (Å²) in [5, 5.41) is 36.1. The van der Waals surface area contributed by atoms with E-state index in [0.717, 1.165) is 0 Å². The molecule has 4 N–H and O–H groups in total. The van der Waals surface area contributed by atoms with Crippen LogP contribution in [-0.2, 0) is 39.7 Å². The molecule has 0 spiro atoms. The van der Waals surface area contributed by atoms with Crippen LogP contribution >= 0.6 is 0 Å². The van der Waals surface area contributed by atoms with Crippen LogP contribution in [-0.4, -0.2) is 56.9 Å². The van der Waals surface area contributed by atoms with Crippen LogP contribution in [0.25, 0.3) is 0 Å². The minimum Gasteiger partial charge on any atom is -0.759 e. The molecule has 0 amide bonds. The Morgan fingerprint density at radius 1 is 1.08 bits per heavy atom. The van der Waals surface area contributed by atoms with Crippen LogP contribution in [0.1, 0.15) is 0 Å². The Morgan fingerprint density at radius 3 is 2.08 bits per heavy atom. The van der Waals surface area contributed by atoms with Gasteiger partial charge in [0.2, 0.25) is 0 Å². The van der Waals surface area contributed by atoms with Crippen LogP contribution in [0.4, 0.5) is 0 Å². The molecule has 0 aromatic carbocycles. The van der Waals surface area contributed by atoms with E-state index in [1.165, 1.54) is 0 Å². The summed E-state index contributed by atoms with van der Waals surface area (Å²) in [5.41, 5.74) is -0.986. The van der Waals surface area contributed by atoms with Gasteiger partial charge in [-0.3, -0.25) is 0 Å². The van der Waals surface area contributed by atoms with Gasteiger partial charge in [-0.1, -0.05) is 0 Å². The SMILES string of the molecule is OC[C@H]1O[C@H]([S-])[C@H](O)[C@@H](O)[C@@H]1O.[Au+]. The molecule has 82 valence electrons. The van der Waals surface area contributed by atoms with Gasteiger partial charge in [-0.25, -0.2) is 0 Å². The van der Waals surface area contributed by atoms with Gasteiger partial charge in [0.15, 0.2) is 0 Å². The Kier molecular flexibility index (Phi) is 6.08. The van der Waals surface area contributed by atoms with Crippen molar-refractivity contribution in [1.82, 2.24) is 0 Å². The molecule has 1 aliphatic heterocycles. The third-order valence-corrected chi connectivity index (χ3v) is 2.24. The molecule has 5 atom stereocenters. The Hall–Kier alpha value is 0.890. The maximum atomic E-state index is 9.18. The molecule has 0 saturated carbocycles. The quantitative estimate of drug-likeness (QED) is 0.288. The molecule has 1 heterocycles. The maximum absolute atomic E-state index is 9.18. The number of ether oxygens (including phenoxy) is 1. The van der Waals surface area contributed by atoms with E-state index in [-0.39, 0.29) is 22.4 Å². The van der Waals surface area contributed by atoms with Crippen LogP contribution in [0, 0.1) is 0 Å². The Bertz CT molecular complexity index is 155. The first kappa shape index (κ1) is 13.9. The van der Waals surface area contributed by atoms with Gasteiger partial charge in [0, 0.05) is 0 Å². The number of aliphatic hydroxyl groups excluding tert-OH is 4. The second-order valence-electron chi connectivity index (χ2n) is 2.70. The average molecular weight is 392 g/mol. The summed E-state index contributed by atoms with van der Waals surface area (Å²) in [6.45, 7) is -0.432. The summed E-state index contributed by atoms with van der Waals surface area (Å²) in [7, 11) is 0. The van der Waals surface area contributed by atoms with Crippen molar-refractivity contribution < 1.29 is 47.5 Å². The third kappa shape index (κ3) is 2.92. The van der Waals surface area contributed by atoms with Gasteiger partial charge in [-0.15, -0.1) is 0 Å². The number of hydrogen-bond donors (Lipinski definition) is 4. The molecule has 0 aromatic rings. The van der Waals surface area contributed by atoms with E-state index < -0.39 is 36.5 Å². The fraction of sp³-hybridized carbons (Fsp3) is 1.00. The molecule has 13 heavy (non-hydrogen) atoms. The van der Waals surface area contributed by atoms with Crippen molar-refractivity contribution in [3.63, 3.8) is 0 Å². The molecule has 5 nitrogen and oxygen atoms in total. The Morgan fingerprint density at radius 2 is 1.62 bits per heavy atom. The van der Waals surface area contributed by atoms with Crippen LogP contribution in [0.3, 0.4) is 0 Å². The van der Waals surface area contributed by atoms with Gasteiger partial charge in [0.05, 0.1) is 12.7 Å². The zero-order valence-electron chi connectivity index (χ0n) is 6.50. The van der Waals surface area contributed by atoms with Crippen molar-refractivity contribution >= 4 is 12.6 Å². The van der Waals surface area contributed by atoms with Crippen LogP contribution in [0.5, 0.6) is 0 Å². The fourth-order valence-electron chi connectivity index (χ4n) is 1.07. The summed E-state index contributed by atoms with van der Waals surface area (Å²) >= 11 is 4.63. The summed E-state index contributed by atoms with van der Waals surface area (Å²) in [6.07, 6.45) is -4.83. The molecule has 7 heteroatoms. The number of hydrogen-bond acceptors (Lipinski definition) is 6.